The van der Waals surface area contributed by atoms with Crippen molar-refractivity contribution in [1.29, 1.82) is 0 Å². The molecule has 0 saturated carbocycles. The normalized spacial score (nSPS) is 11.9. The van der Waals surface area contributed by atoms with Crippen LogP contribution in [0, 0.1) is 20.8 Å². The fraction of sp³-hybridized carbons (Fsp3) is 0.227. The molecule has 1 heterocycles. The molecule has 5 heteroatoms. The van der Waals surface area contributed by atoms with Crippen LogP contribution in [0.15, 0.2) is 48.5 Å². The zero-order valence-corrected chi connectivity index (χ0v) is 15.9. The first-order valence-electron chi connectivity index (χ1n) is 8.81. The summed E-state index contributed by atoms with van der Waals surface area (Å²) in [6, 6.07) is 14.8. The average molecular weight is 362 g/mol. The minimum Gasteiger partial charge on any atom is -0.449 e. The minimum atomic E-state index is -0.927. The Morgan fingerprint density at radius 2 is 1.67 bits per heavy atom. The van der Waals surface area contributed by atoms with Gasteiger partial charge < -0.3 is 10.1 Å². The van der Waals surface area contributed by atoms with Crippen LogP contribution in [0.1, 0.15) is 34.1 Å². The summed E-state index contributed by atoms with van der Waals surface area (Å²) in [6.45, 7) is 7.23. The number of aryl methyl sites for hydroxylation is 3. The lowest BCUT2D eigenvalue weighted by Crippen LogP contribution is -2.30. The average Bonchev–Trinajstić information content (AvgIpc) is 2.63. The Hall–Kier alpha value is -3.21. The van der Waals surface area contributed by atoms with Gasteiger partial charge in [0.25, 0.3) is 5.91 Å². The lowest BCUT2D eigenvalue weighted by atomic mass is 10.1. The molecule has 0 spiro atoms. The van der Waals surface area contributed by atoms with Gasteiger partial charge in [-0.3, -0.25) is 9.78 Å². The van der Waals surface area contributed by atoms with Crippen LogP contribution in [0.5, 0.6) is 0 Å². The van der Waals surface area contributed by atoms with Gasteiger partial charge in [0, 0.05) is 16.8 Å². The van der Waals surface area contributed by atoms with Crippen molar-refractivity contribution < 1.29 is 14.3 Å². The summed E-state index contributed by atoms with van der Waals surface area (Å²) >= 11 is 0. The van der Waals surface area contributed by atoms with Crippen molar-refractivity contribution in [3.63, 3.8) is 0 Å². The van der Waals surface area contributed by atoms with Crippen LogP contribution >= 0.6 is 0 Å². The Kier molecular flexibility index (Phi) is 5.21. The SMILES string of the molecule is Cc1cc(C(=O)O[C@@H](C)C(=O)Nc2c(C)cccc2C)c2ccccc2n1. The number of carbonyl (C=O) groups excluding carboxylic acids is 2. The summed E-state index contributed by atoms with van der Waals surface area (Å²) in [5.74, 6) is -0.906. The van der Waals surface area contributed by atoms with Crippen molar-refractivity contribution in [3.05, 3.63) is 70.9 Å². The lowest BCUT2D eigenvalue weighted by Gasteiger charge is -2.17. The Morgan fingerprint density at radius 3 is 2.37 bits per heavy atom. The standard InChI is InChI=1S/C22H22N2O3/c1-13-8-7-9-14(2)20(13)24-21(25)16(4)27-22(26)18-12-15(3)23-19-11-6-5-10-17(18)19/h5-12,16H,1-4H3,(H,24,25)/t16-/m0/s1. The fourth-order valence-electron chi connectivity index (χ4n) is 2.99. The maximum absolute atomic E-state index is 12.7. The van der Waals surface area contributed by atoms with E-state index in [2.05, 4.69) is 10.3 Å². The number of anilines is 1. The molecule has 0 saturated heterocycles. The molecule has 1 atom stereocenters. The first-order chi connectivity index (χ1) is 12.9. The van der Waals surface area contributed by atoms with Gasteiger partial charge in [-0.1, -0.05) is 36.4 Å². The molecule has 2 aromatic carbocycles. The second-order valence-electron chi connectivity index (χ2n) is 6.63. The molecule has 1 N–H and O–H groups in total. The Labute approximate surface area is 158 Å². The first kappa shape index (κ1) is 18.6. The molecule has 3 rings (SSSR count). The minimum absolute atomic E-state index is 0.365. The highest BCUT2D eigenvalue weighted by molar-refractivity contribution is 6.05. The Balaban J connectivity index is 1.79. The van der Waals surface area contributed by atoms with E-state index in [0.29, 0.717) is 16.6 Å². The molecule has 1 aromatic heterocycles. The monoisotopic (exact) mass is 362 g/mol. The van der Waals surface area contributed by atoms with Gasteiger partial charge in [-0.05, 0) is 51.0 Å². The number of amides is 1. The number of hydrogen-bond donors (Lipinski definition) is 1. The number of nitrogens with one attached hydrogen (secondary N) is 1. The lowest BCUT2D eigenvalue weighted by molar-refractivity contribution is -0.123. The van der Waals surface area contributed by atoms with Gasteiger partial charge in [0.05, 0.1) is 11.1 Å². The number of para-hydroxylation sites is 2. The van der Waals surface area contributed by atoms with Crippen molar-refractivity contribution in [2.45, 2.75) is 33.8 Å². The maximum Gasteiger partial charge on any atom is 0.339 e. The summed E-state index contributed by atoms with van der Waals surface area (Å²) in [4.78, 5) is 29.6. The molecule has 27 heavy (non-hydrogen) atoms. The van der Waals surface area contributed by atoms with E-state index in [4.69, 9.17) is 4.74 Å². The number of hydrogen-bond acceptors (Lipinski definition) is 4. The van der Waals surface area contributed by atoms with Crippen molar-refractivity contribution in [1.82, 2.24) is 4.98 Å². The molecule has 0 unspecified atom stereocenters. The van der Waals surface area contributed by atoms with Crippen LogP contribution in [0.25, 0.3) is 10.9 Å². The molecule has 0 bridgehead atoms. The van der Waals surface area contributed by atoms with Crippen molar-refractivity contribution in [3.8, 4) is 0 Å². The van der Waals surface area contributed by atoms with Crippen LogP contribution < -0.4 is 5.32 Å². The highest BCUT2D eigenvalue weighted by Gasteiger charge is 2.22. The van der Waals surface area contributed by atoms with E-state index >= 15 is 0 Å². The van der Waals surface area contributed by atoms with Gasteiger partial charge >= 0.3 is 5.97 Å². The third-order valence-electron chi connectivity index (χ3n) is 4.45. The predicted octanol–water partition coefficient (Wildman–Crippen LogP) is 4.34. The van der Waals surface area contributed by atoms with Crippen LogP contribution in [0.3, 0.4) is 0 Å². The molecular formula is C22H22N2O3. The van der Waals surface area contributed by atoms with Gasteiger partial charge in [-0.2, -0.15) is 0 Å². The van der Waals surface area contributed by atoms with Gasteiger partial charge in [0.2, 0.25) is 0 Å². The number of ether oxygens (including phenoxy) is 1. The first-order valence-corrected chi connectivity index (χ1v) is 8.81. The molecular weight excluding hydrogens is 340 g/mol. The summed E-state index contributed by atoms with van der Waals surface area (Å²) in [6.07, 6.45) is -0.927. The zero-order chi connectivity index (χ0) is 19.6. The van der Waals surface area contributed by atoms with Crippen LogP contribution in [-0.4, -0.2) is 23.0 Å². The van der Waals surface area contributed by atoms with E-state index in [9.17, 15) is 9.59 Å². The van der Waals surface area contributed by atoms with E-state index in [0.717, 1.165) is 22.3 Å². The number of carbonyl (C=O) groups is 2. The Bertz CT molecular complexity index is 1010. The Morgan fingerprint density at radius 1 is 1.00 bits per heavy atom. The highest BCUT2D eigenvalue weighted by atomic mass is 16.5. The van der Waals surface area contributed by atoms with Gasteiger partial charge in [0.1, 0.15) is 0 Å². The zero-order valence-electron chi connectivity index (χ0n) is 15.9. The van der Waals surface area contributed by atoms with E-state index in [1.165, 1.54) is 0 Å². The van der Waals surface area contributed by atoms with Crippen molar-refractivity contribution in [2.75, 3.05) is 5.32 Å². The van der Waals surface area contributed by atoms with Crippen LogP contribution in [-0.2, 0) is 9.53 Å². The number of fused-ring (bicyclic) bond motifs is 1. The van der Waals surface area contributed by atoms with Gasteiger partial charge in [-0.25, -0.2) is 4.79 Å². The largest absolute Gasteiger partial charge is 0.449 e. The van der Waals surface area contributed by atoms with Crippen molar-refractivity contribution >= 4 is 28.5 Å². The van der Waals surface area contributed by atoms with E-state index in [1.54, 1.807) is 13.0 Å². The number of pyridine rings is 1. The molecule has 138 valence electrons. The van der Waals surface area contributed by atoms with E-state index < -0.39 is 12.1 Å². The number of esters is 1. The third-order valence-corrected chi connectivity index (χ3v) is 4.45. The highest BCUT2D eigenvalue weighted by Crippen LogP contribution is 2.21. The molecule has 5 nitrogen and oxygen atoms in total. The fourth-order valence-corrected chi connectivity index (χ4v) is 2.99. The van der Waals surface area contributed by atoms with Gasteiger partial charge in [0.15, 0.2) is 6.10 Å². The summed E-state index contributed by atoms with van der Waals surface area (Å²) < 4.78 is 5.43. The topological polar surface area (TPSA) is 68.3 Å². The number of nitrogens with zero attached hydrogens (tertiary/aromatic N) is 1. The van der Waals surface area contributed by atoms with Crippen LogP contribution in [0.4, 0.5) is 5.69 Å². The second-order valence-corrected chi connectivity index (χ2v) is 6.63. The molecule has 1 amide bonds. The van der Waals surface area contributed by atoms with Crippen LogP contribution in [0.2, 0.25) is 0 Å². The number of aromatic nitrogens is 1. The molecule has 0 radical (unpaired) electrons. The molecule has 0 fully saturated rings. The molecule has 0 aliphatic rings. The summed E-state index contributed by atoms with van der Waals surface area (Å²) in [5.41, 5.74) is 4.50. The molecule has 3 aromatic rings. The van der Waals surface area contributed by atoms with Gasteiger partial charge in [-0.15, -0.1) is 0 Å². The quantitative estimate of drug-likeness (QED) is 0.701. The summed E-state index contributed by atoms with van der Waals surface area (Å²) in [7, 11) is 0. The molecule has 0 aliphatic heterocycles. The van der Waals surface area contributed by atoms with E-state index in [1.807, 2.05) is 63.2 Å². The second kappa shape index (κ2) is 7.58. The van der Waals surface area contributed by atoms with E-state index in [-0.39, 0.29) is 5.91 Å². The third kappa shape index (κ3) is 3.97. The summed E-state index contributed by atoms with van der Waals surface area (Å²) in [5, 5.41) is 3.56. The molecule has 0 aliphatic carbocycles. The number of rotatable bonds is 4. The smallest absolute Gasteiger partial charge is 0.339 e. The predicted molar refractivity (Wildman–Crippen MR) is 106 cm³/mol. The van der Waals surface area contributed by atoms with Crippen molar-refractivity contribution in [2.24, 2.45) is 0 Å². The number of benzene rings is 2. The maximum atomic E-state index is 12.7.